The number of amides is 1. The molecule has 0 radical (unpaired) electrons. The van der Waals surface area contributed by atoms with Crippen LogP contribution in [0.15, 0.2) is 33.8 Å². The molecule has 1 atom stereocenters. The van der Waals surface area contributed by atoms with E-state index in [1.54, 1.807) is 11.0 Å². The summed E-state index contributed by atoms with van der Waals surface area (Å²) in [7, 11) is 0. The molecular formula is C23H34N5O5S+. The third kappa shape index (κ3) is 7.00. The average molecular weight is 493 g/mol. The maximum absolute atomic E-state index is 12.6. The highest BCUT2D eigenvalue weighted by Crippen LogP contribution is 2.37. The number of thioether (sulfide) groups is 1. The first-order valence-corrected chi connectivity index (χ1v) is 12.7. The number of carbonyl (C=O) groups is 1. The molecule has 34 heavy (non-hydrogen) atoms. The number of nitrogens with one attached hydrogen (secondary N) is 2. The third-order valence-electron chi connectivity index (χ3n) is 5.41. The van der Waals surface area contributed by atoms with E-state index in [1.165, 1.54) is 16.9 Å². The average Bonchev–Trinajstić information content (AvgIpc) is 3.29. The highest BCUT2D eigenvalue weighted by atomic mass is 32.2. The van der Waals surface area contributed by atoms with E-state index in [0.717, 1.165) is 17.9 Å². The molecule has 0 bridgehead atoms. The van der Waals surface area contributed by atoms with Crippen LogP contribution in [0.1, 0.15) is 32.8 Å². The molecule has 2 aliphatic heterocycles. The lowest BCUT2D eigenvalue weighted by Gasteiger charge is -2.26. The molecule has 1 aromatic carbocycles. The van der Waals surface area contributed by atoms with Gasteiger partial charge in [-0.05, 0) is 51.0 Å². The Balaban J connectivity index is 1.36. The Morgan fingerprint density at radius 1 is 1.32 bits per heavy atom. The van der Waals surface area contributed by atoms with Crippen LogP contribution in [-0.4, -0.2) is 68.2 Å². The van der Waals surface area contributed by atoms with Crippen molar-refractivity contribution in [3.8, 4) is 5.75 Å². The number of rotatable bonds is 8. The molecule has 2 aliphatic rings. The summed E-state index contributed by atoms with van der Waals surface area (Å²) in [6, 6.07) is 6.14. The second kappa shape index (κ2) is 11.3. The normalized spacial score (nSPS) is 17.1. The van der Waals surface area contributed by atoms with Crippen molar-refractivity contribution in [2.75, 3.05) is 55.5 Å². The van der Waals surface area contributed by atoms with Gasteiger partial charge in [-0.1, -0.05) is 12.1 Å². The van der Waals surface area contributed by atoms with Gasteiger partial charge in [-0.2, -0.15) is 0 Å². The molecule has 2 aromatic rings. The minimum Gasteiger partial charge on any atom is -0.488 e. The zero-order valence-corrected chi connectivity index (χ0v) is 20.9. The first-order chi connectivity index (χ1) is 16.4. The molecule has 11 heteroatoms. The summed E-state index contributed by atoms with van der Waals surface area (Å²) in [5, 5.41) is 11.9. The Kier molecular flexibility index (Phi) is 8.17. The number of hydrogen-bond donors (Lipinski definition) is 2. The summed E-state index contributed by atoms with van der Waals surface area (Å²) in [6.45, 7) is 9.50. The lowest BCUT2D eigenvalue weighted by Crippen LogP contribution is -2.62. The first-order valence-electron chi connectivity index (χ1n) is 11.7. The third-order valence-corrected chi connectivity index (χ3v) is 6.66. The molecule has 0 spiro atoms. The monoisotopic (exact) mass is 492 g/mol. The molecule has 186 valence electrons. The quantitative estimate of drug-likeness (QED) is 0.538. The molecule has 0 saturated carbocycles. The molecular weight excluding hydrogens is 458 g/mol. The largest absolute Gasteiger partial charge is 0.488 e. The second-order valence-corrected chi connectivity index (χ2v) is 10.4. The second-order valence-electron chi connectivity index (χ2n) is 9.34. The maximum Gasteiger partial charge on any atom is 0.414 e. The number of benzene rings is 1. The predicted molar refractivity (Wildman–Crippen MR) is 128 cm³/mol. The zero-order chi connectivity index (χ0) is 24.0. The first kappa shape index (κ1) is 24.6. The highest BCUT2D eigenvalue weighted by Gasteiger charge is 2.26. The Hall–Kier alpha value is -2.50. The van der Waals surface area contributed by atoms with Crippen molar-refractivity contribution in [3.63, 3.8) is 0 Å². The van der Waals surface area contributed by atoms with E-state index in [1.807, 2.05) is 28.9 Å². The number of nitrogens with zero attached hydrogens (tertiary/aromatic N) is 3. The van der Waals surface area contributed by atoms with Gasteiger partial charge in [-0.25, -0.2) is 4.79 Å². The Labute approximate surface area is 204 Å². The van der Waals surface area contributed by atoms with E-state index in [2.05, 4.69) is 42.7 Å². The Morgan fingerprint density at radius 3 is 2.94 bits per heavy atom. The van der Waals surface area contributed by atoms with Gasteiger partial charge in [0.1, 0.15) is 18.5 Å². The van der Waals surface area contributed by atoms with Gasteiger partial charge in [0.25, 0.3) is 6.20 Å². The van der Waals surface area contributed by atoms with Gasteiger partial charge in [0.15, 0.2) is 0 Å². The van der Waals surface area contributed by atoms with Crippen molar-refractivity contribution >= 4 is 23.7 Å². The van der Waals surface area contributed by atoms with Gasteiger partial charge >= 0.3 is 12.0 Å². The number of aryl methyl sites for hydroxylation is 1. The molecule has 1 saturated heterocycles. The minimum atomic E-state index is -0.626. The number of anilines is 1. The SMILES string of the molecule is CC(C)(C)NCC(COc1cccc2c1SCCC2)OC(=O)Nc1c[n+](N2CCOCC2)no1. The van der Waals surface area contributed by atoms with Gasteiger partial charge in [0.05, 0.1) is 36.0 Å². The van der Waals surface area contributed by atoms with Crippen LogP contribution in [-0.2, 0) is 15.9 Å². The standard InChI is InChI=1S/C23H33N5O5S/c1-23(2,3)24-14-18(16-31-19-8-4-6-17-7-5-13-34-21(17)19)32-22(29)25-20-15-28(26-33-20)27-9-11-30-12-10-27/h4,6,8,15,18,24H,5,7,9-14,16H2,1-3H3/p+1. The fourth-order valence-corrected chi connectivity index (χ4v) is 4.79. The summed E-state index contributed by atoms with van der Waals surface area (Å²) < 4.78 is 22.4. The lowest BCUT2D eigenvalue weighted by atomic mass is 10.1. The van der Waals surface area contributed by atoms with Crippen LogP contribution >= 0.6 is 11.8 Å². The van der Waals surface area contributed by atoms with Crippen LogP contribution in [0.3, 0.4) is 0 Å². The van der Waals surface area contributed by atoms with Crippen molar-refractivity contribution in [2.45, 2.75) is 50.2 Å². The van der Waals surface area contributed by atoms with Crippen molar-refractivity contribution in [1.82, 2.24) is 10.6 Å². The van der Waals surface area contributed by atoms with Crippen LogP contribution in [0, 0.1) is 0 Å². The molecule has 4 rings (SSSR count). The van der Waals surface area contributed by atoms with Gasteiger partial charge in [-0.3, -0.25) is 9.84 Å². The van der Waals surface area contributed by atoms with Crippen molar-refractivity contribution in [3.05, 3.63) is 30.0 Å². The van der Waals surface area contributed by atoms with Gasteiger partial charge < -0.3 is 19.5 Å². The molecule has 3 heterocycles. The Bertz CT molecular complexity index is 957. The summed E-state index contributed by atoms with van der Waals surface area (Å²) in [5.41, 5.74) is 1.18. The summed E-state index contributed by atoms with van der Waals surface area (Å²) >= 11 is 1.82. The van der Waals surface area contributed by atoms with Crippen molar-refractivity contribution in [1.29, 1.82) is 0 Å². The fourth-order valence-electron chi connectivity index (χ4n) is 3.68. The number of ether oxygens (including phenoxy) is 3. The zero-order valence-electron chi connectivity index (χ0n) is 20.0. The molecule has 2 N–H and O–H groups in total. The van der Waals surface area contributed by atoms with Crippen molar-refractivity contribution < 1.29 is 28.3 Å². The van der Waals surface area contributed by atoms with Crippen molar-refractivity contribution in [2.24, 2.45) is 0 Å². The predicted octanol–water partition coefficient (Wildman–Crippen LogP) is 2.35. The topological polar surface area (TPSA) is 102 Å². The molecule has 1 aromatic heterocycles. The summed E-state index contributed by atoms with van der Waals surface area (Å²) in [6.07, 6.45) is 2.72. The van der Waals surface area contributed by atoms with E-state index in [4.69, 9.17) is 18.7 Å². The number of carbonyl (C=O) groups excluding carboxylic acids is 1. The Morgan fingerprint density at radius 2 is 2.15 bits per heavy atom. The summed E-state index contributed by atoms with van der Waals surface area (Å²) in [5.74, 6) is 2.13. The number of fused-ring (bicyclic) bond motifs is 1. The maximum atomic E-state index is 12.6. The smallest absolute Gasteiger partial charge is 0.414 e. The van der Waals surface area contributed by atoms with E-state index >= 15 is 0 Å². The van der Waals surface area contributed by atoms with E-state index < -0.39 is 12.2 Å². The molecule has 1 fully saturated rings. The van der Waals surface area contributed by atoms with E-state index in [0.29, 0.717) is 32.8 Å². The number of aromatic nitrogens is 2. The minimum absolute atomic E-state index is 0.130. The van der Waals surface area contributed by atoms with Gasteiger partial charge in [0, 0.05) is 12.1 Å². The van der Waals surface area contributed by atoms with Crippen LogP contribution < -0.4 is 25.2 Å². The highest BCUT2D eigenvalue weighted by molar-refractivity contribution is 7.99. The van der Waals surface area contributed by atoms with E-state index in [9.17, 15) is 4.79 Å². The molecule has 10 nitrogen and oxygen atoms in total. The fraction of sp³-hybridized carbons (Fsp3) is 0.609. The van der Waals surface area contributed by atoms with Crippen LogP contribution in [0.4, 0.5) is 10.7 Å². The van der Waals surface area contributed by atoms with Gasteiger partial charge in [-0.15, -0.1) is 16.8 Å². The number of morpholine rings is 1. The van der Waals surface area contributed by atoms with Crippen LogP contribution in [0.25, 0.3) is 0 Å². The van der Waals surface area contributed by atoms with E-state index in [-0.39, 0.29) is 18.0 Å². The van der Waals surface area contributed by atoms with Crippen LogP contribution in [0.2, 0.25) is 0 Å². The van der Waals surface area contributed by atoms with Gasteiger partial charge in [0.2, 0.25) is 5.27 Å². The van der Waals surface area contributed by atoms with Crippen LogP contribution in [0.5, 0.6) is 5.75 Å². The summed E-state index contributed by atoms with van der Waals surface area (Å²) in [4.78, 5) is 15.4. The number of hydrogen-bond acceptors (Lipinski definition) is 9. The molecule has 1 unspecified atom stereocenters. The molecule has 1 amide bonds. The molecule has 0 aliphatic carbocycles. The lowest BCUT2D eigenvalue weighted by molar-refractivity contribution is -0.759.